The molecule has 0 aromatic heterocycles. The molecule has 1 aromatic carbocycles. The molecular weight excluding hydrogens is 334 g/mol. The molecule has 0 bridgehead atoms. The van der Waals surface area contributed by atoms with E-state index in [1.54, 1.807) is 13.2 Å². The number of carbonyl (C=O) groups excluding carboxylic acids is 1. The maximum atomic E-state index is 12.6. The first-order valence-electron chi connectivity index (χ1n) is 7.47. The van der Waals surface area contributed by atoms with Crippen molar-refractivity contribution >= 4 is 21.8 Å². The SMILES string of the molecule is CCCOc1c(Br)cc(C(=O)N2CCCCC2)cc1OC. The molecule has 21 heavy (non-hydrogen) atoms. The van der Waals surface area contributed by atoms with Crippen molar-refractivity contribution in [1.82, 2.24) is 4.90 Å². The van der Waals surface area contributed by atoms with Crippen LogP contribution >= 0.6 is 15.9 Å². The van der Waals surface area contributed by atoms with Gasteiger partial charge in [0.25, 0.3) is 5.91 Å². The molecule has 1 amide bonds. The van der Waals surface area contributed by atoms with Crippen molar-refractivity contribution in [2.75, 3.05) is 26.8 Å². The van der Waals surface area contributed by atoms with Gasteiger partial charge >= 0.3 is 0 Å². The Hall–Kier alpha value is -1.23. The fourth-order valence-electron chi connectivity index (χ4n) is 2.47. The third-order valence-electron chi connectivity index (χ3n) is 3.57. The van der Waals surface area contributed by atoms with Crippen LogP contribution in [-0.2, 0) is 0 Å². The Bertz CT molecular complexity index is 499. The molecule has 1 saturated heterocycles. The van der Waals surface area contributed by atoms with E-state index in [0.29, 0.717) is 23.7 Å². The van der Waals surface area contributed by atoms with E-state index < -0.39 is 0 Å². The van der Waals surface area contributed by atoms with Crippen molar-refractivity contribution in [2.24, 2.45) is 0 Å². The van der Waals surface area contributed by atoms with Crippen LogP contribution in [0, 0.1) is 0 Å². The second-order valence-corrected chi connectivity index (χ2v) is 6.05. The van der Waals surface area contributed by atoms with Crippen LogP contribution in [0.1, 0.15) is 43.0 Å². The number of hydrogen-bond donors (Lipinski definition) is 0. The molecule has 0 N–H and O–H groups in total. The predicted octanol–water partition coefficient (Wildman–Crippen LogP) is 3.87. The van der Waals surface area contributed by atoms with E-state index in [1.165, 1.54) is 6.42 Å². The monoisotopic (exact) mass is 355 g/mol. The smallest absolute Gasteiger partial charge is 0.254 e. The summed E-state index contributed by atoms with van der Waals surface area (Å²) in [6, 6.07) is 3.59. The van der Waals surface area contributed by atoms with Gasteiger partial charge in [0.1, 0.15) is 0 Å². The minimum atomic E-state index is 0.0655. The Morgan fingerprint density at radius 2 is 2.00 bits per heavy atom. The van der Waals surface area contributed by atoms with Crippen molar-refractivity contribution in [3.8, 4) is 11.5 Å². The fraction of sp³-hybridized carbons (Fsp3) is 0.562. The normalized spacial score (nSPS) is 14.9. The Balaban J connectivity index is 2.24. The van der Waals surface area contributed by atoms with Crippen molar-refractivity contribution in [1.29, 1.82) is 0 Å². The first kappa shape index (κ1) is 16.1. The van der Waals surface area contributed by atoms with Gasteiger partial charge in [-0.2, -0.15) is 0 Å². The van der Waals surface area contributed by atoms with Crippen LogP contribution in [0.25, 0.3) is 0 Å². The van der Waals surface area contributed by atoms with Gasteiger partial charge in [-0.25, -0.2) is 0 Å². The van der Waals surface area contributed by atoms with E-state index in [-0.39, 0.29) is 5.91 Å². The number of piperidine rings is 1. The van der Waals surface area contributed by atoms with Crippen LogP contribution in [-0.4, -0.2) is 37.6 Å². The van der Waals surface area contributed by atoms with E-state index >= 15 is 0 Å². The quantitative estimate of drug-likeness (QED) is 0.804. The number of likely N-dealkylation sites (tertiary alicyclic amines) is 1. The van der Waals surface area contributed by atoms with Crippen LogP contribution < -0.4 is 9.47 Å². The number of methoxy groups -OCH3 is 1. The molecular formula is C16H22BrNO3. The summed E-state index contributed by atoms with van der Waals surface area (Å²) in [7, 11) is 1.59. The standard InChI is InChI=1S/C16H22BrNO3/c1-3-9-21-15-13(17)10-12(11-14(15)20-2)16(19)18-7-5-4-6-8-18/h10-11H,3-9H2,1-2H3. The maximum Gasteiger partial charge on any atom is 0.254 e. The second-order valence-electron chi connectivity index (χ2n) is 5.19. The number of amides is 1. The highest BCUT2D eigenvalue weighted by atomic mass is 79.9. The van der Waals surface area contributed by atoms with Gasteiger partial charge in [0, 0.05) is 18.7 Å². The molecule has 0 radical (unpaired) electrons. The number of halogens is 1. The summed E-state index contributed by atoms with van der Waals surface area (Å²) in [6.45, 7) is 4.35. The van der Waals surface area contributed by atoms with Gasteiger partial charge in [-0.1, -0.05) is 6.92 Å². The van der Waals surface area contributed by atoms with Gasteiger partial charge in [0.05, 0.1) is 18.2 Å². The summed E-state index contributed by atoms with van der Waals surface area (Å²) in [5, 5.41) is 0. The topological polar surface area (TPSA) is 38.8 Å². The molecule has 116 valence electrons. The second kappa shape index (κ2) is 7.69. The lowest BCUT2D eigenvalue weighted by molar-refractivity contribution is 0.0724. The van der Waals surface area contributed by atoms with Gasteiger partial charge in [-0.05, 0) is 53.7 Å². The lowest BCUT2D eigenvalue weighted by Crippen LogP contribution is -2.35. The van der Waals surface area contributed by atoms with Crippen LogP contribution in [0.3, 0.4) is 0 Å². The Morgan fingerprint density at radius 1 is 1.29 bits per heavy atom. The summed E-state index contributed by atoms with van der Waals surface area (Å²) in [6.07, 6.45) is 4.30. The highest BCUT2D eigenvalue weighted by molar-refractivity contribution is 9.10. The Labute approximate surface area is 134 Å². The molecule has 2 rings (SSSR count). The van der Waals surface area contributed by atoms with Crippen LogP contribution in [0.4, 0.5) is 0 Å². The third-order valence-corrected chi connectivity index (χ3v) is 4.16. The average Bonchev–Trinajstić information content (AvgIpc) is 2.53. The number of nitrogens with zero attached hydrogens (tertiary/aromatic N) is 1. The van der Waals surface area contributed by atoms with Crippen molar-refractivity contribution in [3.05, 3.63) is 22.2 Å². The first-order valence-corrected chi connectivity index (χ1v) is 8.26. The van der Waals surface area contributed by atoms with E-state index in [9.17, 15) is 4.79 Å². The molecule has 1 heterocycles. The number of rotatable bonds is 5. The van der Waals surface area contributed by atoms with Crippen molar-refractivity contribution in [2.45, 2.75) is 32.6 Å². The zero-order valence-corrected chi connectivity index (χ0v) is 14.2. The van der Waals surface area contributed by atoms with E-state index in [2.05, 4.69) is 22.9 Å². The number of benzene rings is 1. The first-order chi connectivity index (χ1) is 10.2. The molecule has 1 fully saturated rings. The van der Waals surface area contributed by atoms with Gasteiger partial charge in [0.15, 0.2) is 11.5 Å². The minimum absolute atomic E-state index is 0.0655. The van der Waals surface area contributed by atoms with E-state index in [0.717, 1.165) is 36.8 Å². The summed E-state index contributed by atoms with van der Waals surface area (Å²) in [4.78, 5) is 14.5. The highest BCUT2D eigenvalue weighted by Crippen LogP contribution is 2.37. The average molecular weight is 356 g/mol. The third kappa shape index (κ3) is 3.90. The molecule has 4 nitrogen and oxygen atoms in total. The van der Waals surface area contributed by atoms with Crippen LogP contribution in [0.5, 0.6) is 11.5 Å². The van der Waals surface area contributed by atoms with Gasteiger partial charge in [-0.15, -0.1) is 0 Å². The lowest BCUT2D eigenvalue weighted by atomic mass is 10.1. The Kier molecular flexibility index (Phi) is 5.91. The number of ether oxygens (including phenoxy) is 2. The summed E-state index contributed by atoms with van der Waals surface area (Å²) >= 11 is 3.49. The van der Waals surface area contributed by atoms with Crippen LogP contribution in [0.2, 0.25) is 0 Å². The molecule has 0 spiro atoms. The zero-order chi connectivity index (χ0) is 15.2. The number of hydrogen-bond acceptors (Lipinski definition) is 3. The largest absolute Gasteiger partial charge is 0.493 e. The summed E-state index contributed by atoms with van der Waals surface area (Å²) in [5.74, 6) is 1.32. The molecule has 1 aromatic rings. The van der Waals surface area contributed by atoms with E-state index in [1.807, 2.05) is 11.0 Å². The minimum Gasteiger partial charge on any atom is -0.493 e. The summed E-state index contributed by atoms with van der Waals surface area (Å²) < 4.78 is 11.8. The lowest BCUT2D eigenvalue weighted by Gasteiger charge is -2.27. The molecule has 0 aliphatic carbocycles. The zero-order valence-electron chi connectivity index (χ0n) is 12.7. The van der Waals surface area contributed by atoms with E-state index in [4.69, 9.17) is 9.47 Å². The molecule has 1 aliphatic rings. The van der Waals surface area contributed by atoms with Gasteiger partial charge in [-0.3, -0.25) is 4.79 Å². The molecule has 0 atom stereocenters. The maximum absolute atomic E-state index is 12.6. The molecule has 5 heteroatoms. The van der Waals surface area contributed by atoms with Crippen LogP contribution in [0.15, 0.2) is 16.6 Å². The fourth-order valence-corrected chi connectivity index (χ4v) is 3.02. The highest BCUT2D eigenvalue weighted by Gasteiger charge is 2.21. The molecule has 0 unspecified atom stereocenters. The predicted molar refractivity (Wildman–Crippen MR) is 86.2 cm³/mol. The number of carbonyl (C=O) groups is 1. The van der Waals surface area contributed by atoms with Gasteiger partial charge < -0.3 is 14.4 Å². The molecule has 1 aliphatic heterocycles. The summed E-state index contributed by atoms with van der Waals surface area (Å²) in [5.41, 5.74) is 0.643. The molecule has 0 saturated carbocycles. The Morgan fingerprint density at radius 3 is 2.62 bits per heavy atom. The van der Waals surface area contributed by atoms with Crippen molar-refractivity contribution < 1.29 is 14.3 Å². The van der Waals surface area contributed by atoms with Gasteiger partial charge in [0.2, 0.25) is 0 Å². The van der Waals surface area contributed by atoms with Crippen molar-refractivity contribution in [3.63, 3.8) is 0 Å².